The fourth-order valence-corrected chi connectivity index (χ4v) is 4.03. The van der Waals surface area contributed by atoms with Crippen LogP contribution in [0.2, 0.25) is 0 Å². The van der Waals surface area contributed by atoms with Crippen molar-refractivity contribution in [1.82, 2.24) is 4.57 Å². The molecule has 1 amide bonds. The Morgan fingerprint density at radius 1 is 1.28 bits per heavy atom. The SMILES string of the molecule is O=C1C[C@@H](c2cccs2)c2c(c(C(=O)O)cn2-c2ccccc2F)N1. The average Bonchev–Trinajstić information content (AvgIpc) is 3.22. The highest BCUT2D eigenvalue weighted by Gasteiger charge is 2.35. The Hall–Kier alpha value is -2.93. The maximum Gasteiger partial charge on any atom is 0.339 e. The lowest BCUT2D eigenvalue weighted by atomic mass is 9.93. The molecule has 2 aromatic heterocycles. The van der Waals surface area contributed by atoms with Gasteiger partial charge in [-0.2, -0.15) is 0 Å². The van der Waals surface area contributed by atoms with Gasteiger partial charge >= 0.3 is 5.97 Å². The van der Waals surface area contributed by atoms with E-state index in [0.717, 1.165) is 4.88 Å². The molecular weight excluding hydrogens is 343 g/mol. The standard InChI is InChI=1S/C18H13FN2O3S/c19-12-4-1-2-5-13(12)21-9-11(18(23)24)16-17(21)10(8-15(22)20-16)14-6-3-7-25-14/h1-7,9-10H,8H2,(H,20,22)(H,23,24)/t10-/m0/s1. The molecule has 7 heteroatoms. The van der Waals surface area contributed by atoms with E-state index >= 15 is 0 Å². The van der Waals surface area contributed by atoms with E-state index < -0.39 is 11.8 Å². The number of hydrogen-bond acceptors (Lipinski definition) is 3. The van der Waals surface area contributed by atoms with Crippen LogP contribution in [0.25, 0.3) is 5.69 Å². The van der Waals surface area contributed by atoms with Crippen LogP contribution in [-0.4, -0.2) is 21.6 Å². The average molecular weight is 356 g/mol. The van der Waals surface area contributed by atoms with E-state index in [-0.39, 0.29) is 35.2 Å². The summed E-state index contributed by atoms with van der Waals surface area (Å²) in [6, 6.07) is 9.95. The number of thiophene rings is 1. The molecule has 4 rings (SSSR count). The van der Waals surface area contributed by atoms with E-state index in [0.29, 0.717) is 5.69 Å². The first kappa shape index (κ1) is 15.6. The van der Waals surface area contributed by atoms with Crippen molar-refractivity contribution >= 4 is 28.9 Å². The van der Waals surface area contributed by atoms with Crippen LogP contribution >= 0.6 is 11.3 Å². The van der Waals surface area contributed by atoms with Gasteiger partial charge in [-0.1, -0.05) is 18.2 Å². The number of carbonyl (C=O) groups excluding carboxylic acids is 1. The van der Waals surface area contributed by atoms with Crippen molar-refractivity contribution in [3.8, 4) is 5.69 Å². The number of carboxylic acids is 1. The van der Waals surface area contributed by atoms with Crippen LogP contribution in [0, 0.1) is 5.82 Å². The monoisotopic (exact) mass is 356 g/mol. The van der Waals surface area contributed by atoms with Gasteiger partial charge in [0.25, 0.3) is 0 Å². The molecule has 2 N–H and O–H groups in total. The molecule has 1 aromatic carbocycles. The number of rotatable bonds is 3. The summed E-state index contributed by atoms with van der Waals surface area (Å²) < 4.78 is 15.9. The molecule has 0 fully saturated rings. The van der Waals surface area contributed by atoms with Gasteiger partial charge in [0.2, 0.25) is 5.91 Å². The molecule has 0 spiro atoms. The van der Waals surface area contributed by atoms with E-state index in [2.05, 4.69) is 5.32 Å². The number of aromatic nitrogens is 1. The van der Waals surface area contributed by atoms with Gasteiger partial charge in [0.1, 0.15) is 11.4 Å². The summed E-state index contributed by atoms with van der Waals surface area (Å²) in [6.07, 6.45) is 1.56. The topological polar surface area (TPSA) is 71.3 Å². The maximum atomic E-state index is 14.3. The van der Waals surface area contributed by atoms with Gasteiger partial charge in [-0.15, -0.1) is 11.3 Å². The Bertz CT molecular complexity index is 978. The summed E-state index contributed by atoms with van der Waals surface area (Å²) in [4.78, 5) is 24.7. The first-order valence-electron chi connectivity index (χ1n) is 7.63. The van der Waals surface area contributed by atoms with Crippen molar-refractivity contribution in [3.05, 3.63) is 69.9 Å². The minimum atomic E-state index is -1.17. The lowest BCUT2D eigenvalue weighted by Gasteiger charge is -2.25. The van der Waals surface area contributed by atoms with E-state index in [1.54, 1.807) is 18.2 Å². The van der Waals surface area contributed by atoms with E-state index in [4.69, 9.17) is 0 Å². The van der Waals surface area contributed by atoms with Crippen LogP contribution in [0.1, 0.15) is 33.3 Å². The third-order valence-corrected chi connectivity index (χ3v) is 5.24. The van der Waals surface area contributed by atoms with Gasteiger partial charge in [-0.05, 0) is 23.6 Å². The quantitative estimate of drug-likeness (QED) is 0.749. The highest BCUT2D eigenvalue weighted by atomic mass is 32.1. The fourth-order valence-electron chi connectivity index (χ4n) is 3.20. The number of fused-ring (bicyclic) bond motifs is 1. The summed E-state index contributed by atoms with van der Waals surface area (Å²) in [5, 5.41) is 14.1. The molecule has 1 aliphatic heterocycles. The predicted molar refractivity (Wildman–Crippen MR) is 92.1 cm³/mol. The van der Waals surface area contributed by atoms with Crippen molar-refractivity contribution in [2.24, 2.45) is 0 Å². The zero-order valence-corrected chi connectivity index (χ0v) is 13.7. The Balaban J connectivity index is 2.01. The molecule has 1 aliphatic rings. The number of para-hydroxylation sites is 1. The van der Waals surface area contributed by atoms with Crippen LogP contribution in [0.3, 0.4) is 0 Å². The summed E-state index contributed by atoms with van der Waals surface area (Å²) in [5.41, 5.74) is 1.03. The lowest BCUT2D eigenvalue weighted by molar-refractivity contribution is -0.116. The molecule has 3 heterocycles. The Morgan fingerprint density at radius 3 is 2.76 bits per heavy atom. The Morgan fingerprint density at radius 2 is 2.08 bits per heavy atom. The summed E-state index contributed by atoms with van der Waals surface area (Å²) in [5.74, 6) is -2.20. The van der Waals surface area contributed by atoms with Crippen molar-refractivity contribution in [3.63, 3.8) is 0 Å². The number of carbonyl (C=O) groups is 2. The van der Waals surface area contributed by atoms with Crippen molar-refractivity contribution in [2.75, 3.05) is 5.32 Å². The number of carboxylic acid groups (broad SMARTS) is 1. The molecule has 0 bridgehead atoms. The van der Waals surface area contributed by atoms with Crippen molar-refractivity contribution in [2.45, 2.75) is 12.3 Å². The van der Waals surface area contributed by atoms with Crippen LogP contribution < -0.4 is 5.32 Å². The molecule has 25 heavy (non-hydrogen) atoms. The molecule has 0 saturated carbocycles. The highest BCUT2D eigenvalue weighted by molar-refractivity contribution is 7.10. The van der Waals surface area contributed by atoms with Gasteiger partial charge in [0.15, 0.2) is 0 Å². The van der Waals surface area contributed by atoms with Gasteiger partial charge in [0.05, 0.1) is 17.1 Å². The summed E-state index contributed by atoms with van der Waals surface area (Å²) in [6.45, 7) is 0. The van der Waals surface area contributed by atoms with Crippen LogP contribution in [0.15, 0.2) is 48.0 Å². The molecule has 5 nitrogen and oxygen atoms in total. The Labute approximate surface area is 146 Å². The minimum absolute atomic E-state index is 0.0483. The second-order valence-corrected chi connectivity index (χ2v) is 6.73. The number of nitrogens with zero attached hydrogens (tertiary/aromatic N) is 1. The normalized spacial score (nSPS) is 16.4. The van der Waals surface area contributed by atoms with E-state index in [1.165, 1.54) is 28.2 Å². The van der Waals surface area contributed by atoms with Crippen LogP contribution in [0.5, 0.6) is 0 Å². The zero-order valence-electron chi connectivity index (χ0n) is 12.9. The zero-order chi connectivity index (χ0) is 17.6. The third kappa shape index (κ3) is 2.53. The van der Waals surface area contributed by atoms with E-state index in [1.807, 2.05) is 17.5 Å². The number of anilines is 1. The minimum Gasteiger partial charge on any atom is -0.478 e. The number of hydrogen-bond donors (Lipinski definition) is 2. The molecule has 0 radical (unpaired) electrons. The molecule has 126 valence electrons. The number of amides is 1. The number of nitrogens with one attached hydrogen (secondary N) is 1. The number of benzene rings is 1. The molecule has 3 aromatic rings. The first-order valence-corrected chi connectivity index (χ1v) is 8.51. The van der Waals surface area contributed by atoms with Gasteiger partial charge in [0, 0.05) is 23.4 Å². The van der Waals surface area contributed by atoms with Gasteiger partial charge in [-0.3, -0.25) is 4.79 Å². The predicted octanol–water partition coefficient (Wildman–Crippen LogP) is 3.85. The van der Waals surface area contributed by atoms with E-state index in [9.17, 15) is 19.1 Å². The van der Waals surface area contributed by atoms with Gasteiger partial charge in [-0.25, -0.2) is 9.18 Å². The van der Waals surface area contributed by atoms with Gasteiger partial charge < -0.3 is 15.0 Å². The van der Waals surface area contributed by atoms with Crippen LogP contribution in [0.4, 0.5) is 10.1 Å². The molecule has 0 aliphatic carbocycles. The second kappa shape index (κ2) is 5.86. The maximum absolute atomic E-state index is 14.3. The van der Waals surface area contributed by atoms with Crippen LogP contribution in [-0.2, 0) is 4.79 Å². The smallest absolute Gasteiger partial charge is 0.339 e. The fraction of sp³-hybridized carbons (Fsp3) is 0.111. The Kier molecular flexibility index (Phi) is 3.65. The largest absolute Gasteiger partial charge is 0.478 e. The highest BCUT2D eigenvalue weighted by Crippen LogP contribution is 2.43. The number of halogens is 1. The molecular formula is C18H13FN2O3S. The van der Waals surface area contributed by atoms with Crippen molar-refractivity contribution < 1.29 is 19.1 Å². The third-order valence-electron chi connectivity index (χ3n) is 4.26. The molecule has 1 atom stereocenters. The van der Waals surface area contributed by atoms with Crippen molar-refractivity contribution in [1.29, 1.82) is 0 Å². The molecule has 0 unspecified atom stereocenters. The number of aromatic carboxylic acids is 1. The summed E-state index contributed by atoms with van der Waals surface area (Å²) >= 11 is 1.49. The lowest BCUT2D eigenvalue weighted by Crippen LogP contribution is -2.25. The first-order chi connectivity index (χ1) is 12.1. The molecule has 0 saturated heterocycles. The summed E-state index contributed by atoms with van der Waals surface area (Å²) in [7, 11) is 0. The second-order valence-electron chi connectivity index (χ2n) is 5.75.